The van der Waals surface area contributed by atoms with Gasteiger partial charge in [-0.25, -0.2) is 0 Å². The van der Waals surface area contributed by atoms with Crippen LogP contribution in [0.15, 0.2) is 12.4 Å². The third-order valence-corrected chi connectivity index (χ3v) is 1.57. The number of nitrogens with one attached hydrogen (secondary N) is 1. The maximum absolute atomic E-state index is 5.09. The molecule has 3 heteroatoms. The van der Waals surface area contributed by atoms with Gasteiger partial charge in [0.1, 0.15) is 0 Å². The molecule has 1 heterocycles. The Bertz CT molecular complexity index is 249. The molecule has 0 aromatic carbocycles. The van der Waals surface area contributed by atoms with Gasteiger partial charge in [0.05, 0.1) is 19.0 Å². The maximum Gasteiger partial charge on any atom is 0.160 e. The largest absolute Gasteiger partial charge is 0.493 e. The van der Waals surface area contributed by atoms with E-state index in [4.69, 9.17) is 4.74 Å². The Kier molecular flexibility index (Phi) is 5.68. The summed E-state index contributed by atoms with van der Waals surface area (Å²) in [4.78, 5) is 4.00. The van der Waals surface area contributed by atoms with Crippen LogP contribution in [0.5, 0.6) is 5.75 Å². The van der Waals surface area contributed by atoms with Crippen molar-refractivity contribution in [2.75, 3.05) is 19.5 Å². The van der Waals surface area contributed by atoms with Crippen LogP contribution in [-0.2, 0) is 0 Å². The summed E-state index contributed by atoms with van der Waals surface area (Å²) >= 11 is 0. The second-order valence-corrected chi connectivity index (χ2v) is 2.28. The molecule has 0 fully saturated rings. The molecular weight excluding hydrogens is 164 g/mol. The van der Waals surface area contributed by atoms with Crippen molar-refractivity contribution in [1.29, 1.82) is 0 Å². The molecule has 0 bridgehead atoms. The molecule has 0 aliphatic rings. The first kappa shape index (κ1) is 11.8. The lowest BCUT2D eigenvalue weighted by Crippen LogP contribution is -1.96. The van der Waals surface area contributed by atoms with E-state index in [1.54, 1.807) is 19.5 Å². The lowest BCUT2D eigenvalue weighted by Gasteiger charge is -2.08. The van der Waals surface area contributed by atoms with Crippen molar-refractivity contribution in [1.82, 2.24) is 4.98 Å². The van der Waals surface area contributed by atoms with Crippen molar-refractivity contribution in [3.05, 3.63) is 18.0 Å². The summed E-state index contributed by atoms with van der Waals surface area (Å²) < 4.78 is 5.09. The van der Waals surface area contributed by atoms with Crippen molar-refractivity contribution in [2.45, 2.75) is 20.8 Å². The third kappa shape index (κ3) is 2.93. The van der Waals surface area contributed by atoms with Crippen LogP contribution in [0, 0.1) is 6.92 Å². The first-order chi connectivity index (χ1) is 6.29. The molecule has 0 aliphatic heterocycles. The highest BCUT2D eigenvalue weighted by molar-refractivity contribution is 5.59. The second kappa shape index (κ2) is 6.29. The molecule has 0 amide bonds. The molecule has 1 N–H and O–H groups in total. The van der Waals surface area contributed by atoms with Crippen molar-refractivity contribution < 1.29 is 4.74 Å². The third-order valence-electron chi connectivity index (χ3n) is 1.57. The quantitative estimate of drug-likeness (QED) is 0.763. The summed E-state index contributed by atoms with van der Waals surface area (Å²) in [7, 11) is 3.50. The lowest BCUT2D eigenvalue weighted by molar-refractivity contribution is 0.414. The van der Waals surface area contributed by atoms with E-state index in [9.17, 15) is 0 Å². The van der Waals surface area contributed by atoms with Gasteiger partial charge < -0.3 is 10.1 Å². The van der Waals surface area contributed by atoms with Gasteiger partial charge in [0, 0.05) is 13.2 Å². The molecule has 1 rings (SSSR count). The number of methoxy groups -OCH3 is 1. The van der Waals surface area contributed by atoms with Gasteiger partial charge in [0.2, 0.25) is 0 Å². The van der Waals surface area contributed by atoms with Gasteiger partial charge >= 0.3 is 0 Å². The summed E-state index contributed by atoms with van der Waals surface area (Å²) in [6.07, 6.45) is 3.49. The summed E-state index contributed by atoms with van der Waals surface area (Å²) in [6, 6.07) is 0. The molecule has 0 atom stereocenters. The number of anilines is 1. The Balaban J connectivity index is 0.000000671. The zero-order chi connectivity index (χ0) is 10.3. The van der Waals surface area contributed by atoms with Crippen molar-refractivity contribution in [2.24, 2.45) is 0 Å². The molecule has 1 aromatic rings. The minimum absolute atomic E-state index is 0.785. The maximum atomic E-state index is 5.09. The van der Waals surface area contributed by atoms with Crippen LogP contribution in [0.3, 0.4) is 0 Å². The fourth-order valence-corrected chi connectivity index (χ4v) is 1.02. The van der Waals surface area contributed by atoms with E-state index in [0.717, 1.165) is 17.0 Å². The van der Waals surface area contributed by atoms with Gasteiger partial charge in [-0.3, -0.25) is 4.98 Å². The lowest BCUT2D eigenvalue weighted by atomic mass is 10.2. The Morgan fingerprint density at radius 3 is 2.31 bits per heavy atom. The summed E-state index contributed by atoms with van der Waals surface area (Å²) in [5.74, 6) is 0.785. The molecule has 3 nitrogen and oxygen atoms in total. The first-order valence-corrected chi connectivity index (χ1v) is 4.46. The van der Waals surface area contributed by atoms with E-state index >= 15 is 0 Å². The fraction of sp³-hybridized carbons (Fsp3) is 0.500. The highest BCUT2D eigenvalue weighted by Gasteiger charge is 2.02. The van der Waals surface area contributed by atoms with Crippen molar-refractivity contribution in [3.8, 4) is 5.75 Å². The zero-order valence-electron chi connectivity index (χ0n) is 9.01. The highest BCUT2D eigenvalue weighted by atomic mass is 16.5. The number of hydrogen-bond acceptors (Lipinski definition) is 3. The molecule has 74 valence electrons. The Labute approximate surface area is 80.1 Å². The van der Waals surface area contributed by atoms with E-state index in [1.165, 1.54) is 0 Å². The first-order valence-electron chi connectivity index (χ1n) is 4.46. The number of aromatic nitrogens is 1. The van der Waals surface area contributed by atoms with E-state index in [0.29, 0.717) is 0 Å². The van der Waals surface area contributed by atoms with E-state index < -0.39 is 0 Å². The fourth-order valence-electron chi connectivity index (χ4n) is 1.02. The second-order valence-electron chi connectivity index (χ2n) is 2.28. The molecule has 1 aromatic heterocycles. The number of hydrogen-bond donors (Lipinski definition) is 1. The normalized spacial score (nSPS) is 8.38. The molecule has 0 saturated heterocycles. The standard InChI is InChI=1S/C8H12N2O.C2H6/c1-6-4-10-5-7(11-3)8(6)9-2;1-2/h4-5H,1-3H3,(H,9,10);1-2H3. The number of ether oxygens (including phenoxy) is 1. The number of rotatable bonds is 2. The Morgan fingerprint density at radius 2 is 1.92 bits per heavy atom. The van der Waals surface area contributed by atoms with Crippen LogP contribution < -0.4 is 10.1 Å². The smallest absolute Gasteiger partial charge is 0.160 e. The zero-order valence-corrected chi connectivity index (χ0v) is 9.01. The van der Waals surface area contributed by atoms with Gasteiger partial charge in [-0.15, -0.1) is 0 Å². The number of nitrogens with zero attached hydrogens (tertiary/aromatic N) is 1. The van der Waals surface area contributed by atoms with Crippen LogP contribution in [0.4, 0.5) is 5.69 Å². The number of aryl methyl sites for hydroxylation is 1. The number of pyridine rings is 1. The van der Waals surface area contributed by atoms with Crippen LogP contribution in [0.1, 0.15) is 19.4 Å². The Morgan fingerprint density at radius 1 is 1.31 bits per heavy atom. The van der Waals surface area contributed by atoms with Crippen LogP contribution in [-0.4, -0.2) is 19.1 Å². The van der Waals surface area contributed by atoms with E-state index in [-0.39, 0.29) is 0 Å². The van der Waals surface area contributed by atoms with Crippen LogP contribution in [0.2, 0.25) is 0 Å². The topological polar surface area (TPSA) is 34.2 Å². The van der Waals surface area contributed by atoms with Crippen LogP contribution >= 0.6 is 0 Å². The molecule has 0 unspecified atom stereocenters. The minimum Gasteiger partial charge on any atom is -0.493 e. The average molecular weight is 182 g/mol. The molecular formula is C10H18N2O. The van der Waals surface area contributed by atoms with Crippen molar-refractivity contribution >= 4 is 5.69 Å². The van der Waals surface area contributed by atoms with Gasteiger partial charge in [0.15, 0.2) is 5.75 Å². The summed E-state index contributed by atoms with van der Waals surface area (Å²) in [5, 5.41) is 3.05. The molecule has 13 heavy (non-hydrogen) atoms. The minimum atomic E-state index is 0.785. The predicted octanol–water partition coefficient (Wildman–Crippen LogP) is 2.47. The van der Waals surface area contributed by atoms with Gasteiger partial charge in [0.25, 0.3) is 0 Å². The van der Waals surface area contributed by atoms with E-state index in [2.05, 4.69) is 10.3 Å². The van der Waals surface area contributed by atoms with Gasteiger partial charge in [-0.1, -0.05) is 13.8 Å². The molecule has 0 saturated carbocycles. The molecule has 0 spiro atoms. The van der Waals surface area contributed by atoms with E-state index in [1.807, 2.05) is 27.8 Å². The molecule has 0 radical (unpaired) electrons. The van der Waals surface area contributed by atoms with Gasteiger partial charge in [-0.05, 0) is 12.5 Å². The molecule has 0 aliphatic carbocycles. The monoisotopic (exact) mass is 182 g/mol. The van der Waals surface area contributed by atoms with Crippen molar-refractivity contribution in [3.63, 3.8) is 0 Å². The van der Waals surface area contributed by atoms with Crippen LogP contribution in [0.25, 0.3) is 0 Å². The van der Waals surface area contributed by atoms with Gasteiger partial charge in [-0.2, -0.15) is 0 Å². The SMILES string of the molecule is CC.CNc1c(C)cncc1OC. The highest BCUT2D eigenvalue weighted by Crippen LogP contribution is 2.25. The summed E-state index contributed by atoms with van der Waals surface area (Å²) in [6.45, 7) is 5.99. The Hall–Kier alpha value is -1.25. The summed E-state index contributed by atoms with van der Waals surface area (Å²) in [5.41, 5.74) is 2.09. The predicted molar refractivity (Wildman–Crippen MR) is 56.4 cm³/mol. The average Bonchev–Trinajstić information content (AvgIpc) is 2.20.